The highest BCUT2D eigenvalue weighted by atomic mass is 79.9. The van der Waals surface area contributed by atoms with Gasteiger partial charge in [0.2, 0.25) is 0 Å². The number of carbonyl (C=O) groups is 1. The molecule has 2 heterocycles. The van der Waals surface area contributed by atoms with Gasteiger partial charge >= 0.3 is 5.97 Å². The van der Waals surface area contributed by atoms with Crippen LogP contribution < -0.4 is 29.3 Å². The second kappa shape index (κ2) is 13.5. The molecule has 1 aliphatic rings. The molecule has 218 valence electrons. The molecule has 2 aromatic carbocycles. The van der Waals surface area contributed by atoms with E-state index in [1.807, 2.05) is 49.4 Å². The number of esters is 1. The summed E-state index contributed by atoms with van der Waals surface area (Å²) in [5, 5.41) is 0. The summed E-state index contributed by atoms with van der Waals surface area (Å²) in [6.45, 7) is 9.97. The van der Waals surface area contributed by atoms with Crippen LogP contribution in [-0.4, -0.2) is 44.5 Å². The van der Waals surface area contributed by atoms with Crippen molar-refractivity contribution in [2.45, 2.75) is 46.6 Å². The summed E-state index contributed by atoms with van der Waals surface area (Å²) in [4.78, 5) is 35.2. The van der Waals surface area contributed by atoms with Gasteiger partial charge < -0.3 is 19.1 Å². The fourth-order valence-corrected chi connectivity index (χ4v) is 6.47. The minimum atomic E-state index is -0.770. The smallest absolute Gasteiger partial charge is 0.338 e. The maximum Gasteiger partial charge on any atom is 0.338 e. The highest BCUT2D eigenvalue weighted by Crippen LogP contribution is 2.38. The lowest BCUT2D eigenvalue weighted by Crippen LogP contribution is -2.40. The van der Waals surface area contributed by atoms with Gasteiger partial charge in [0, 0.05) is 40.4 Å². The van der Waals surface area contributed by atoms with Crippen LogP contribution in [0.25, 0.3) is 6.08 Å². The number of benzene rings is 2. The third kappa shape index (κ3) is 6.13. The molecule has 8 nitrogen and oxygen atoms in total. The van der Waals surface area contributed by atoms with Crippen LogP contribution in [0.5, 0.6) is 11.5 Å². The SMILES string of the molecule is CCCC1=C(C(=O)OCC)[C@@H](c2cc(Br)ccc2OC)n2c(s/c(=C/c3ccc(N(CC)CC)cc3OC)c2=O)=N1. The first-order valence-corrected chi connectivity index (χ1v) is 15.4. The molecule has 41 heavy (non-hydrogen) atoms. The zero-order valence-electron chi connectivity index (χ0n) is 24.3. The van der Waals surface area contributed by atoms with Gasteiger partial charge in [0.05, 0.1) is 36.6 Å². The number of rotatable bonds is 11. The summed E-state index contributed by atoms with van der Waals surface area (Å²) in [6.07, 6.45) is 3.17. The minimum absolute atomic E-state index is 0.206. The topological polar surface area (TPSA) is 82.4 Å². The molecule has 0 saturated carbocycles. The van der Waals surface area contributed by atoms with Crippen LogP contribution in [0.3, 0.4) is 0 Å². The number of allylic oxidation sites excluding steroid dienone is 1. The zero-order chi connectivity index (χ0) is 29.7. The van der Waals surface area contributed by atoms with Crippen molar-refractivity contribution in [1.82, 2.24) is 4.57 Å². The Bertz CT molecular complexity index is 1640. The van der Waals surface area contributed by atoms with E-state index in [4.69, 9.17) is 19.2 Å². The van der Waals surface area contributed by atoms with Crippen molar-refractivity contribution in [1.29, 1.82) is 0 Å². The molecule has 10 heteroatoms. The minimum Gasteiger partial charge on any atom is -0.496 e. The van der Waals surface area contributed by atoms with Crippen molar-refractivity contribution >= 4 is 45.0 Å². The Morgan fingerprint density at radius 1 is 1.07 bits per heavy atom. The molecule has 0 radical (unpaired) electrons. The highest BCUT2D eigenvalue weighted by molar-refractivity contribution is 9.10. The zero-order valence-corrected chi connectivity index (χ0v) is 26.7. The van der Waals surface area contributed by atoms with Gasteiger partial charge in [0.25, 0.3) is 5.56 Å². The van der Waals surface area contributed by atoms with Gasteiger partial charge in [-0.15, -0.1) is 0 Å². The molecule has 0 unspecified atom stereocenters. The normalized spacial score (nSPS) is 14.9. The molecule has 0 bridgehead atoms. The van der Waals surface area contributed by atoms with Crippen LogP contribution in [0.1, 0.15) is 57.7 Å². The molecule has 0 fully saturated rings. The van der Waals surface area contributed by atoms with E-state index in [9.17, 15) is 9.59 Å². The molecule has 0 amide bonds. The van der Waals surface area contributed by atoms with Crippen molar-refractivity contribution in [2.75, 3.05) is 38.8 Å². The second-order valence-electron chi connectivity index (χ2n) is 9.40. The number of hydrogen-bond acceptors (Lipinski definition) is 8. The number of anilines is 1. The van der Waals surface area contributed by atoms with Crippen molar-refractivity contribution in [2.24, 2.45) is 4.99 Å². The van der Waals surface area contributed by atoms with Gasteiger partial charge in [-0.2, -0.15) is 0 Å². The summed E-state index contributed by atoms with van der Waals surface area (Å²) < 4.78 is 19.8. The van der Waals surface area contributed by atoms with Crippen molar-refractivity contribution in [3.8, 4) is 11.5 Å². The van der Waals surface area contributed by atoms with Gasteiger partial charge in [-0.05, 0) is 63.6 Å². The summed E-state index contributed by atoms with van der Waals surface area (Å²) in [6, 6.07) is 10.8. The molecule has 1 aliphatic heterocycles. The molecule has 0 spiro atoms. The van der Waals surface area contributed by atoms with Crippen LogP contribution >= 0.6 is 27.3 Å². The van der Waals surface area contributed by atoms with Crippen molar-refractivity contribution in [3.63, 3.8) is 0 Å². The highest BCUT2D eigenvalue weighted by Gasteiger charge is 2.36. The molecular formula is C31H36BrN3O5S. The summed E-state index contributed by atoms with van der Waals surface area (Å²) in [7, 11) is 3.20. The predicted octanol–water partition coefficient (Wildman–Crippen LogP) is 5.20. The lowest BCUT2D eigenvalue weighted by molar-refractivity contribution is -0.139. The van der Waals surface area contributed by atoms with Crippen LogP contribution in [0, 0.1) is 0 Å². The number of nitrogens with zero attached hydrogens (tertiary/aromatic N) is 3. The maximum absolute atomic E-state index is 14.2. The monoisotopic (exact) mass is 641 g/mol. The fourth-order valence-electron chi connectivity index (χ4n) is 5.08. The fraction of sp³-hybridized carbons (Fsp3) is 0.387. The van der Waals surface area contributed by atoms with Crippen LogP contribution in [-0.2, 0) is 9.53 Å². The lowest BCUT2D eigenvalue weighted by Gasteiger charge is -2.27. The Morgan fingerprint density at radius 3 is 2.44 bits per heavy atom. The van der Waals surface area contributed by atoms with Gasteiger partial charge in [0.15, 0.2) is 4.80 Å². The van der Waals surface area contributed by atoms with Gasteiger partial charge in [-0.1, -0.05) is 40.6 Å². The molecule has 0 aliphatic carbocycles. The maximum atomic E-state index is 14.2. The van der Waals surface area contributed by atoms with E-state index in [1.165, 1.54) is 11.3 Å². The third-order valence-electron chi connectivity index (χ3n) is 7.01. The number of carbonyl (C=O) groups excluding carboxylic acids is 1. The molecular weight excluding hydrogens is 606 g/mol. The molecule has 0 N–H and O–H groups in total. The van der Waals surface area contributed by atoms with E-state index < -0.39 is 12.0 Å². The van der Waals surface area contributed by atoms with Crippen LogP contribution in [0.15, 0.2) is 61.9 Å². The predicted molar refractivity (Wildman–Crippen MR) is 167 cm³/mol. The van der Waals surface area contributed by atoms with Crippen LogP contribution in [0.4, 0.5) is 5.69 Å². The largest absolute Gasteiger partial charge is 0.496 e. The van der Waals surface area contributed by atoms with E-state index in [1.54, 1.807) is 25.7 Å². The summed E-state index contributed by atoms with van der Waals surface area (Å²) in [5.74, 6) is 0.736. The van der Waals surface area contributed by atoms with E-state index in [2.05, 4.69) is 34.7 Å². The van der Waals surface area contributed by atoms with E-state index in [-0.39, 0.29) is 12.2 Å². The van der Waals surface area contributed by atoms with E-state index in [0.717, 1.165) is 35.2 Å². The number of ether oxygens (including phenoxy) is 3. The third-order valence-corrected chi connectivity index (χ3v) is 8.49. The lowest BCUT2D eigenvalue weighted by atomic mass is 9.93. The Morgan fingerprint density at radius 2 is 1.80 bits per heavy atom. The average Bonchev–Trinajstić information content (AvgIpc) is 3.28. The number of halogens is 1. The molecule has 1 aromatic heterocycles. The summed E-state index contributed by atoms with van der Waals surface area (Å²) >= 11 is 4.85. The van der Waals surface area contributed by atoms with Crippen LogP contribution in [0.2, 0.25) is 0 Å². The average molecular weight is 643 g/mol. The first-order chi connectivity index (χ1) is 19.8. The second-order valence-corrected chi connectivity index (χ2v) is 11.3. The number of methoxy groups -OCH3 is 2. The van der Waals surface area contributed by atoms with E-state index >= 15 is 0 Å². The number of hydrogen-bond donors (Lipinski definition) is 0. The standard InChI is InChI=1S/C31H36BrN3O5S/c1-7-11-23-27(30(37)40-10-4)28(22-17-20(32)13-15-24(22)38-5)35-29(36)26(41-31(35)33-23)16-19-12-14-21(18-25(19)39-6)34(8-2)9-3/h12-18,28H,7-11H2,1-6H3/b26-16+/t28-/m1/s1. The summed E-state index contributed by atoms with van der Waals surface area (Å²) in [5.41, 5.74) is 3.21. The number of thiazole rings is 1. The van der Waals surface area contributed by atoms with Crippen molar-refractivity contribution < 1.29 is 19.0 Å². The Labute approximate surface area is 252 Å². The first-order valence-electron chi connectivity index (χ1n) is 13.8. The molecule has 0 saturated heterocycles. The van der Waals surface area contributed by atoms with Crippen molar-refractivity contribution in [3.05, 3.63) is 83.0 Å². The van der Waals surface area contributed by atoms with Gasteiger partial charge in [-0.25, -0.2) is 9.79 Å². The van der Waals surface area contributed by atoms with Gasteiger partial charge in [0.1, 0.15) is 17.5 Å². The Hall–Kier alpha value is -3.37. The molecule has 3 aromatic rings. The Balaban J connectivity index is 2.00. The quantitative estimate of drug-likeness (QED) is 0.268. The van der Waals surface area contributed by atoms with E-state index in [0.29, 0.717) is 44.1 Å². The number of fused-ring (bicyclic) bond motifs is 1. The first kappa shape index (κ1) is 30.6. The Kier molecular flexibility index (Phi) is 10.1. The number of aromatic nitrogens is 1. The molecule has 1 atom stereocenters. The molecule has 4 rings (SSSR count). The van der Waals surface area contributed by atoms with Gasteiger partial charge in [-0.3, -0.25) is 9.36 Å².